The largest absolute Gasteiger partial charge is 0.291 e. The van der Waals surface area contributed by atoms with Crippen LogP contribution in [-0.4, -0.2) is 19.6 Å². The third-order valence-electron chi connectivity index (χ3n) is 12.4. The summed E-state index contributed by atoms with van der Waals surface area (Å²) in [6.07, 6.45) is 56.4. The van der Waals surface area contributed by atoms with E-state index < -0.39 is 0 Å². The standard InChI is InChI=1S/C51H98N/c1-4-7-10-13-16-19-22-25-28-31-34-37-43-48-52(51-46-41-40-42-47-51,49-44-38-35-32-29-26-23-20-17-14-11-8-5-2)50-45-39-36-33-30-27-24-21-18-15-12-9-6-3/h40-42,46-47H,4-39,43-45,48-50H2,1-3H3/q+1. The molecule has 1 rings (SSSR count). The van der Waals surface area contributed by atoms with Crippen molar-refractivity contribution in [2.75, 3.05) is 19.6 Å². The molecule has 0 spiro atoms. The first-order valence-electron chi connectivity index (χ1n) is 24.7. The van der Waals surface area contributed by atoms with Crippen LogP contribution in [0.4, 0.5) is 5.69 Å². The van der Waals surface area contributed by atoms with Crippen LogP contribution >= 0.6 is 0 Å². The molecule has 0 N–H and O–H groups in total. The Kier molecular flexibility index (Phi) is 37.7. The topological polar surface area (TPSA) is 0 Å². The van der Waals surface area contributed by atoms with Crippen LogP contribution in [0, 0.1) is 0 Å². The quantitative estimate of drug-likeness (QED) is 0.0465. The van der Waals surface area contributed by atoms with E-state index in [1.54, 1.807) is 5.69 Å². The molecule has 0 aromatic heterocycles. The summed E-state index contributed by atoms with van der Waals surface area (Å²) in [5.74, 6) is 0. The van der Waals surface area contributed by atoms with E-state index >= 15 is 0 Å². The van der Waals surface area contributed by atoms with Crippen molar-refractivity contribution in [3.8, 4) is 0 Å². The Hall–Kier alpha value is -0.820. The van der Waals surface area contributed by atoms with Gasteiger partial charge in [-0.1, -0.05) is 251 Å². The Balaban J connectivity index is 2.48. The second-order valence-electron chi connectivity index (χ2n) is 17.4. The molecule has 0 atom stereocenters. The summed E-state index contributed by atoms with van der Waals surface area (Å²) in [4.78, 5) is 0. The summed E-state index contributed by atoms with van der Waals surface area (Å²) < 4.78 is 1.26. The third kappa shape index (κ3) is 30.5. The van der Waals surface area contributed by atoms with E-state index in [1.165, 1.54) is 275 Å². The van der Waals surface area contributed by atoms with Gasteiger partial charge in [-0.25, -0.2) is 0 Å². The molecule has 1 aromatic rings. The lowest BCUT2D eigenvalue weighted by molar-refractivity contribution is 0.252. The summed E-state index contributed by atoms with van der Waals surface area (Å²) in [5, 5.41) is 0. The van der Waals surface area contributed by atoms with Gasteiger partial charge in [0.1, 0.15) is 5.69 Å². The lowest BCUT2D eigenvalue weighted by atomic mass is 10.0. The maximum absolute atomic E-state index is 2.48. The zero-order chi connectivity index (χ0) is 37.3. The average molecular weight is 725 g/mol. The molecule has 52 heavy (non-hydrogen) atoms. The number of unbranched alkanes of at least 4 members (excludes halogenated alkanes) is 36. The molecule has 1 heteroatoms. The van der Waals surface area contributed by atoms with Gasteiger partial charge in [-0.2, -0.15) is 0 Å². The molecule has 0 unspecified atom stereocenters. The number of hydrogen-bond acceptors (Lipinski definition) is 0. The zero-order valence-corrected chi connectivity index (χ0v) is 36.5. The molecule has 0 amide bonds. The molecule has 0 saturated carbocycles. The first kappa shape index (κ1) is 49.2. The molecule has 0 heterocycles. The van der Waals surface area contributed by atoms with Gasteiger partial charge in [0.25, 0.3) is 0 Å². The number of benzene rings is 1. The lowest BCUT2D eigenvalue weighted by Gasteiger charge is -2.39. The van der Waals surface area contributed by atoms with Gasteiger partial charge in [-0.15, -0.1) is 0 Å². The number of rotatable bonds is 43. The highest BCUT2D eigenvalue weighted by Crippen LogP contribution is 2.28. The normalized spacial score (nSPS) is 11.9. The SMILES string of the molecule is CCCCCCCCCCCCCCC[N+](CCCCCCCCCCCCCCC)(CCCCCCCCCCCCCCC)c1ccccc1. The monoisotopic (exact) mass is 725 g/mol. The molecular formula is C51H98N+. The van der Waals surface area contributed by atoms with Crippen molar-refractivity contribution in [1.82, 2.24) is 4.48 Å². The molecule has 0 aliphatic carbocycles. The van der Waals surface area contributed by atoms with Crippen molar-refractivity contribution < 1.29 is 0 Å². The molecule has 0 aliphatic rings. The maximum Gasteiger partial charge on any atom is 0.132 e. The number of quaternary nitrogens is 1. The summed E-state index contributed by atoms with van der Waals surface area (Å²) >= 11 is 0. The van der Waals surface area contributed by atoms with E-state index in [-0.39, 0.29) is 0 Å². The molecule has 306 valence electrons. The molecule has 1 aromatic carbocycles. The Bertz CT molecular complexity index is 712. The minimum Gasteiger partial charge on any atom is -0.291 e. The minimum absolute atomic E-state index is 1.26. The molecule has 0 saturated heterocycles. The minimum atomic E-state index is 1.26. The predicted octanol–water partition coefficient (Wildman–Crippen LogP) is 18.3. The van der Waals surface area contributed by atoms with Crippen LogP contribution in [0.15, 0.2) is 30.3 Å². The molecule has 0 bridgehead atoms. The highest BCUT2D eigenvalue weighted by molar-refractivity contribution is 5.42. The Labute approximate surface area is 330 Å². The first-order chi connectivity index (χ1) is 25.8. The summed E-state index contributed by atoms with van der Waals surface area (Å²) in [5.41, 5.74) is 1.61. The van der Waals surface area contributed by atoms with Gasteiger partial charge in [-0.3, -0.25) is 4.48 Å². The van der Waals surface area contributed by atoms with Crippen molar-refractivity contribution in [3.05, 3.63) is 30.3 Å². The van der Waals surface area contributed by atoms with E-state index in [9.17, 15) is 0 Å². The smallest absolute Gasteiger partial charge is 0.132 e. The van der Waals surface area contributed by atoms with Crippen LogP contribution in [0.3, 0.4) is 0 Å². The van der Waals surface area contributed by atoms with Crippen molar-refractivity contribution in [3.63, 3.8) is 0 Å². The van der Waals surface area contributed by atoms with E-state index in [1.807, 2.05) is 0 Å². The third-order valence-corrected chi connectivity index (χ3v) is 12.4. The summed E-state index contributed by atoms with van der Waals surface area (Å²) in [6.45, 7) is 11.0. The molecule has 0 aliphatic heterocycles. The van der Waals surface area contributed by atoms with Crippen LogP contribution in [0.25, 0.3) is 0 Å². The molecule has 0 radical (unpaired) electrons. The molecule has 0 fully saturated rings. The van der Waals surface area contributed by atoms with Gasteiger partial charge in [-0.05, 0) is 50.7 Å². The number of hydrogen-bond donors (Lipinski definition) is 0. The first-order valence-corrected chi connectivity index (χ1v) is 24.7. The Morgan fingerprint density at radius 2 is 0.442 bits per heavy atom. The van der Waals surface area contributed by atoms with Crippen LogP contribution in [0.5, 0.6) is 0 Å². The highest BCUT2D eigenvalue weighted by atomic mass is 15.4. The van der Waals surface area contributed by atoms with Crippen LogP contribution in [0.1, 0.15) is 271 Å². The predicted molar refractivity (Wildman–Crippen MR) is 240 cm³/mol. The second-order valence-corrected chi connectivity index (χ2v) is 17.4. The summed E-state index contributed by atoms with van der Waals surface area (Å²) in [7, 11) is 0. The van der Waals surface area contributed by atoms with Crippen molar-refractivity contribution in [2.24, 2.45) is 0 Å². The van der Waals surface area contributed by atoms with Crippen molar-refractivity contribution >= 4 is 5.69 Å². The highest BCUT2D eigenvalue weighted by Gasteiger charge is 2.29. The van der Waals surface area contributed by atoms with Gasteiger partial charge in [0.2, 0.25) is 0 Å². The zero-order valence-electron chi connectivity index (χ0n) is 36.5. The van der Waals surface area contributed by atoms with Gasteiger partial charge >= 0.3 is 0 Å². The second kappa shape index (κ2) is 39.9. The van der Waals surface area contributed by atoms with Gasteiger partial charge in [0.05, 0.1) is 19.6 Å². The Morgan fingerprint density at radius 3 is 0.654 bits per heavy atom. The summed E-state index contributed by atoms with van der Waals surface area (Å²) in [6, 6.07) is 11.8. The van der Waals surface area contributed by atoms with E-state index in [0.29, 0.717) is 0 Å². The van der Waals surface area contributed by atoms with E-state index in [0.717, 1.165) is 0 Å². The molecule has 1 nitrogen and oxygen atoms in total. The lowest BCUT2D eigenvalue weighted by Crippen LogP contribution is -2.51. The van der Waals surface area contributed by atoms with E-state index in [2.05, 4.69) is 51.1 Å². The fourth-order valence-electron chi connectivity index (χ4n) is 8.76. The van der Waals surface area contributed by atoms with Crippen molar-refractivity contribution in [1.29, 1.82) is 0 Å². The number of para-hydroxylation sites is 1. The maximum atomic E-state index is 2.48. The van der Waals surface area contributed by atoms with Gasteiger partial charge in [0, 0.05) is 0 Å². The fourth-order valence-corrected chi connectivity index (χ4v) is 8.76. The molecular weight excluding hydrogens is 627 g/mol. The van der Waals surface area contributed by atoms with Crippen LogP contribution in [0.2, 0.25) is 0 Å². The average Bonchev–Trinajstić information content (AvgIpc) is 3.17. The van der Waals surface area contributed by atoms with Crippen molar-refractivity contribution in [2.45, 2.75) is 271 Å². The van der Waals surface area contributed by atoms with Gasteiger partial charge in [0.15, 0.2) is 0 Å². The van der Waals surface area contributed by atoms with E-state index in [4.69, 9.17) is 0 Å². The van der Waals surface area contributed by atoms with Crippen LogP contribution in [-0.2, 0) is 0 Å². The number of nitrogens with zero attached hydrogens (tertiary/aromatic N) is 1. The van der Waals surface area contributed by atoms with Gasteiger partial charge < -0.3 is 0 Å². The Morgan fingerprint density at radius 1 is 0.250 bits per heavy atom. The fraction of sp³-hybridized carbons (Fsp3) is 0.882. The van der Waals surface area contributed by atoms with Crippen LogP contribution < -0.4 is 4.48 Å².